The number of aromatic nitrogens is 2. The highest BCUT2D eigenvalue weighted by Crippen LogP contribution is 2.25. The van der Waals surface area contributed by atoms with Gasteiger partial charge in [0.25, 0.3) is 0 Å². The number of thiophene rings is 1. The number of hydrogen-bond donors (Lipinski definition) is 1. The minimum absolute atomic E-state index is 0.209. The second-order valence-corrected chi connectivity index (χ2v) is 5.16. The van der Waals surface area contributed by atoms with E-state index >= 15 is 0 Å². The molecule has 0 radical (unpaired) electrons. The molecule has 0 aliphatic rings. The summed E-state index contributed by atoms with van der Waals surface area (Å²) in [6, 6.07) is 2.44. The van der Waals surface area contributed by atoms with Crippen molar-refractivity contribution in [2.45, 2.75) is 26.3 Å². The molecule has 1 atom stereocenters. The zero-order valence-electron chi connectivity index (χ0n) is 10.2. The fourth-order valence-electron chi connectivity index (χ4n) is 1.79. The summed E-state index contributed by atoms with van der Waals surface area (Å²) in [6.07, 6.45) is 6.45. The van der Waals surface area contributed by atoms with Crippen LogP contribution in [0, 0.1) is 6.92 Å². The Morgan fingerprint density at radius 2 is 2.06 bits per heavy atom. The molecule has 0 spiro atoms. The Balaban J connectivity index is 2.25. The van der Waals surface area contributed by atoms with Crippen molar-refractivity contribution in [1.82, 2.24) is 15.3 Å². The standard InChI is InChI=1S/C13H17N3S/c1-3-4-16-13(11-5-10(2)17-8-11)12-6-14-9-15-7-12/h5-9,13,16H,3-4H2,1-2H3. The third kappa shape index (κ3) is 3.11. The Hall–Kier alpha value is -1.26. The van der Waals surface area contributed by atoms with Crippen molar-refractivity contribution in [2.24, 2.45) is 0 Å². The average molecular weight is 247 g/mol. The Kier molecular flexibility index (Phi) is 4.23. The van der Waals surface area contributed by atoms with E-state index in [0.717, 1.165) is 18.5 Å². The van der Waals surface area contributed by atoms with Gasteiger partial charge in [0, 0.05) is 22.8 Å². The lowest BCUT2D eigenvalue weighted by atomic mass is 10.0. The van der Waals surface area contributed by atoms with E-state index in [4.69, 9.17) is 0 Å². The predicted octanol–water partition coefficient (Wildman–Crippen LogP) is 2.94. The molecule has 2 aromatic heterocycles. The third-order valence-electron chi connectivity index (χ3n) is 2.60. The summed E-state index contributed by atoms with van der Waals surface area (Å²) in [5, 5.41) is 5.75. The van der Waals surface area contributed by atoms with Crippen LogP contribution in [0.15, 0.2) is 30.2 Å². The molecule has 17 heavy (non-hydrogen) atoms. The van der Waals surface area contributed by atoms with Crippen LogP contribution in [0.5, 0.6) is 0 Å². The average Bonchev–Trinajstić information content (AvgIpc) is 2.78. The molecule has 0 aliphatic heterocycles. The summed E-state index contributed by atoms with van der Waals surface area (Å²) in [7, 11) is 0. The first-order chi connectivity index (χ1) is 8.31. The highest BCUT2D eigenvalue weighted by molar-refractivity contribution is 7.10. The molecule has 0 aromatic carbocycles. The van der Waals surface area contributed by atoms with Gasteiger partial charge in [0.1, 0.15) is 6.33 Å². The van der Waals surface area contributed by atoms with E-state index in [2.05, 4.69) is 40.6 Å². The fourth-order valence-corrected chi connectivity index (χ4v) is 2.52. The molecule has 0 fully saturated rings. The topological polar surface area (TPSA) is 37.8 Å². The van der Waals surface area contributed by atoms with Gasteiger partial charge in [0.2, 0.25) is 0 Å². The zero-order valence-corrected chi connectivity index (χ0v) is 11.0. The van der Waals surface area contributed by atoms with Crippen molar-refractivity contribution in [2.75, 3.05) is 6.54 Å². The zero-order chi connectivity index (χ0) is 12.1. The molecule has 0 aliphatic carbocycles. The summed E-state index contributed by atoms with van der Waals surface area (Å²) in [6.45, 7) is 5.30. The fraction of sp³-hybridized carbons (Fsp3) is 0.385. The maximum Gasteiger partial charge on any atom is 0.115 e. The van der Waals surface area contributed by atoms with E-state index in [0.29, 0.717) is 0 Å². The Labute approximate surface area is 106 Å². The Morgan fingerprint density at radius 3 is 2.65 bits per heavy atom. The van der Waals surface area contributed by atoms with E-state index in [1.807, 2.05) is 12.4 Å². The van der Waals surface area contributed by atoms with Crippen LogP contribution < -0.4 is 5.32 Å². The van der Waals surface area contributed by atoms with Gasteiger partial charge < -0.3 is 5.32 Å². The van der Waals surface area contributed by atoms with Crippen LogP contribution in [0.1, 0.15) is 35.4 Å². The predicted molar refractivity (Wildman–Crippen MR) is 71.2 cm³/mol. The molecule has 2 aromatic rings. The summed E-state index contributed by atoms with van der Waals surface area (Å²) >= 11 is 1.78. The summed E-state index contributed by atoms with van der Waals surface area (Å²) in [5.74, 6) is 0. The normalized spacial score (nSPS) is 12.6. The van der Waals surface area contributed by atoms with E-state index in [1.165, 1.54) is 10.4 Å². The van der Waals surface area contributed by atoms with E-state index in [1.54, 1.807) is 17.7 Å². The lowest BCUT2D eigenvalue weighted by molar-refractivity contribution is 0.596. The molecule has 0 saturated heterocycles. The molecule has 90 valence electrons. The summed E-state index contributed by atoms with van der Waals surface area (Å²) in [4.78, 5) is 9.53. The number of aryl methyl sites for hydroxylation is 1. The smallest absolute Gasteiger partial charge is 0.115 e. The van der Waals surface area contributed by atoms with Crippen molar-refractivity contribution >= 4 is 11.3 Å². The van der Waals surface area contributed by atoms with Crippen LogP contribution in [-0.2, 0) is 0 Å². The van der Waals surface area contributed by atoms with Crippen molar-refractivity contribution in [1.29, 1.82) is 0 Å². The van der Waals surface area contributed by atoms with Crippen LogP contribution in [-0.4, -0.2) is 16.5 Å². The maximum absolute atomic E-state index is 4.10. The van der Waals surface area contributed by atoms with E-state index in [-0.39, 0.29) is 6.04 Å². The lowest BCUT2D eigenvalue weighted by Crippen LogP contribution is -2.23. The lowest BCUT2D eigenvalue weighted by Gasteiger charge is -2.17. The van der Waals surface area contributed by atoms with Crippen LogP contribution in [0.3, 0.4) is 0 Å². The molecule has 0 bridgehead atoms. The van der Waals surface area contributed by atoms with Crippen molar-refractivity contribution in [3.8, 4) is 0 Å². The van der Waals surface area contributed by atoms with Gasteiger partial charge in [0.05, 0.1) is 6.04 Å². The van der Waals surface area contributed by atoms with Crippen LogP contribution >= 0.6 is 11.3 Å². The first kappa shape index (κ1) is 12.2. The molecule has 4 heteroatoms. The first-order valence-electron chi connectivity index (χ1n) is 5.84. The minimum atomic E-state index is 0.209. The van der Waals surface area contributed by atoms with E-state index in [9.17, 15) is 0 Å². The van der Waals surface area contributed by atoms with Crippen LogP contribution in [0.25, 0.3) is 0 Å². The molecule has 0 amide bonds. The second-order valence-electron chi connectivity index (χ2n) is 4.05. The first-order valence-corrected chi connectivity index (χ1v) is 6.72. The van der Waals surface area contributed by atoms with Gasteiger partial charge in [-0.1, -0.05) is 6.92 Å². The molecule has 2 heterocycles. The number of hydrogen-bond acceptors (Lipinski definition) is 4. The van der Waals surface area contributed by atoms with Crippen LogP contribution in [0.2, 0.25) is 0 Å². The second kappa shape index (κ2) is 5.89. The van der Waals surface area contributed by atoms with Gasteiger partial charge >= 0.3 is 0 Å². The van der Waals surface area contributed by atoms with Gasteiger partial charge in [-0.25, -0.2) is 9.97 Å². The molecule has 1 unspecified atom stereocenters. The summed E-state index contributed by atoms with van der Waals surface area (Å²) < 4.78 is 0. The van der Waals surface area contributed by atoms with Gasteiger partial charge in [-0.3, -0.25) is 0 Å². The number of nitrogens with one attached hydrogen (secondary N) is 1. The number of nitrogens with zero attached hydrogens (tertiary/aromatic N) is 2. The monoisotopic (exact) mass is 247 g/mol. The largest absolute Gasteiger partial charge is 0.306 e. The highest BCUT2D eigenvalue weighted by atomic mass is 32.1. The quantitative estimate of drug-likeness (QED) is 0.882. The molecular formula is C13H17N3S. The summed E-state index contributed by atoms with van der Waals surface area (Å²) in [5.41, 5.74) is 2.43. The van der Waals surface area contributed by atoms with Crippen LogP contribution in [0.4, 0.5) is 0 Å². The molecule has 2 rings (SSSR count). The molecular weight excluding hydrogens is 230 g/mol. The van der Waals surface area contributed by atoms with Crippen molar-refractivity contribution < 1.29 is 0 Å². The van der Waals surface area contributed by atoms with Gasteiger partial charge in [0.15, 0.2) is 0 Å². The molecule has 0 saturated carbocycles. The van der Waals surface area contributed by atoms with Gasteiger partial charge in [-0.15, -0.1) is 11.3 Å². The molecule has 1 N–H and O–H groups in total. The molecule has 3 nitrogen and oxygen atoms in total. The Morgan fingerprint density at radius 1 is 1.29 bits per heavy atom. The highest BCUT2D eigenvalue weighted by Gasteiger charge is 2.14. The SMILES string of the molecule is CCCNC(c1cncnc1)c1csc(C)c1. The van der Waals surface area contributed by atoms with Crippen molar-refractivity contribution in [3.05, 3.63) is 46.2 Å². The maximum atomic E-state index is 4.10. The van der Waals surface area contributed by atoms with E-state index < -0.39 is 0 Å². The number of rotatable bonds is 5. The minimum Gasteiger partial charge on any atom is -0.306 e. The van der Waals surface area contributed by atoms with Gasteiger partial charge in [-0.05, 0) is 36.9 Å². The third-order valence-corrected chi connectivity index (χ3v) is 3.48. The van der Waals surface area contributed by atoms with Gasteiger partial charge in [-0.2, -0.15) is 0 Å². The van der Waals surface area contributed by atoms with Crippen molar-refractivity contribution in [3.63, 3.8) is 0 Å². The Bertz CT molecular complexity index is 453.